The van der Waals surface area contributed by atoms with E-state index in [1.54, 1.807) is 18.5 Å². The average molecular weight is 233 g/mol. The molecule has 3 nitrogen and oxygen atoms in total. The first-order valence-corrected chi connectivity index (χ1v) is 4.60. The van der Waals surface area contributed by atoms with E-state index < -0.39 is 5.60 Å². The van der Waals surface area contributed by atoms with Gasteiger partial charge in [-0.1, -0.05) is 0 Å². The Morgan fingerprint density at radius 3 is 2.58 bits per heavy atom. The summed E-state index contributed by atoms with van der Waals surface area (Å²) in [5, 5.41) is 13.7. The molecule has 0 saturated carbocycles. The van der Waals surface area contributed by atoms with Crippen molar-refractivity contribution < 1.29 is 5.11 Å². The van der Waals surface area contributed by atoms with Crippen molar-refractivity contribution in [3.05, 3.63) is 16.4 Å². The van der Waals surface area contributed by atoms with Crippen LogP contribution < -0.4 is 0 Å². The lowest BCUT2D eigenvalue weighted by Crippen LogP contribution is -2.26. The highest BCUT2D eigenvalue weighted by Crippen LogP contribution is 2.15. The van der Waals surface area contributed by atoms with Crippen LogP contribution in [0.4, 0.5) is 0 Å². The summed E-state index contributed by atoms with van der Waals surface area (Å²) in [5.41, 5.74) is 0.233. The summed E-state index contributed by atoms with van der Waals surface area (Å²) in [7, 11) is 0. The number of aryl methyl sites for hydroxylation is 1. The quantitative estimate of drug-likeness (QED) is 0.844. The maximum absolute atomic E-state index is 9.50. The molecule has 0 bridgehead atoms. The number of aromatic nitrogens is 2. The number of rotatable bonds is 2. The molecule has 1 aromatic heterocycles. The first kappa shape index (κ1) is 9.74. The minimum atomic E-state index is -0.710. The van der Waals surface area contributed by atoms with E-state index in [0.717, 1.165) is 10.2 Å². The van der Waals surface area contributed by atoms with Crippen LogP contribution >= 0.6 is 15.9 Å². The number of hydrogen-bond donors (Lipinski definition) is 1. The summed E-state index contributed by atoms with van der Waals surface area (Å²) in [5.74, 6) is 0. The van der Waals surface area contributed by atoms with E-state index in [1.165, 1.54) is 0 Å². The zero-order valence-corrected chi connectivity index (χ0v) is 9.09. The summed E-state index contributed by atoms with van der Waals surface area (Å²) in [6.45, 7) is 5.96. The van der Waals surface area contributed by atoms with Crippen molar-refractivity contribution in [3.8, 4) is 0 Å². The number of hydrogen-bond acceptors (Lipinski definition) is 2. The molecule has 1 rings (SSSR count). The minimum absolute atomic E-state index is 0.513. The van der Waals surface area contributed by atoms with Gasteiger partial charge >= 0.3 is 0 Å². The summed E-state index contributed by atoms with van der Waals surface area (Å²) in [6, 6.07) is 0. The van der Waals surface area contributed by atoms with Crippen LogP contribution in [0.25, 0.3) is 0 Å². The summed E-state index contributed by atoms with van der Waals surface area (Å²) in [4.78, 5) is 0. The molecule has 4 heteroatoms. The van der Waals surface area contributed by atoms with Gasteiger partial charge in [0, 0.05) is 6.20 Å². The summed E-state index contributed by atoms with van der Waals surface area (Å²) < 4.78 is 2.71. The second-order valence-corrected chi connectivity index (χ2v) is 4.43. The molecule has 68 valence electrons. The van der Waals surface area contributed by atoms with E-state index in [-0.39, 0.29) is 0 Å². The van der Waals surface area contributed by atoms with Crippen LogP contribution in [-0.4, -0.2) is 20.5 Å². The molecule has 0 radical (unpaired) electrons. The SMILES string of the molecule is Cc1nn(CC(C)(C)O)cc1Br. The van der Waals surface area contributed by atoms with Gasteiger partial charge in [-0.25, -0.2) is 0 Å². The largest absolute Gasteiger partial charge is 0.389 e. The number of aliphatic hydroxyl groups is 1. The van der Waals surface area contributed by atoms with Crippen molar-refractivity contribution in [2.24, 2.45) is 0 Å². The third kappa shape index (κ3) is 2.60. The smallest absolute Gasteiger partial charge is 0.0786 e. The molecule has 0 aromatic carbocycles. The van der Waals surface area contributed by atoms with Gasteiger partial charge in [0.25, 0.3) is 0 Å². The highest BCUT2D eigenvalue weighted by Gasteiger charge is 2.14. The Bertz CT molecular complexity index is 256. The highest BCUT2D eigenvalue weighted by atomic mass is 79.9. The maximum Gasteiger partial charge on any atom is 0.0786 e. The van der Waals surface area contributed by atoms with Crippen molar-refractivity contribution in [1.29, 1.82) is 0 Å². The lowest BCUT2D eigenvalue weighted by Gasteiger charge is -2.16. The molecule has 0 saturated heterocycles. The number of nitrogens with zero attached hydrogens (tertiary/aromatic N) is 2. The van der Waals surface area contributed by atoms with Crippen LogP contribution in [0.3, 0.4) is 0 Å². The molecule has 0 amide bonds. The fourth-order valence-corrected chi connectivity index (χ4v) is 1.29. The van der Waals surface area contributed by atoms with Gasteiger partial charge in [-0.15, -0.1) is 0 Å². The zero-order valence-electron chi connectivity index (χ0n) is 7.50. The van der Waals surface area contributed by atoms with Gasteiger partial charge in [-0.2, -0.15) is 5.10 Å². The monoisotopic (exact) mass is 232 g/mol. The molecule has 0 fully saturated rings. The fraction of sp³-hybridized carbons (Fsp3) is 0.625. The minimum Gasteiger partial charge on any atom is -0.389 e. The highest BCUT2D eigenvalue weighted by molar-refractivity contribution is 9.10. The number of halogens is 1. The third-order valence-electron chi connectivity index (χ3n) is 1.44. The van der Waals surface area contributed by atoms with Gasteiger partial charge in [-0.3, -0.25) is 4.68 Å². The van der Waals surface area contributed by atoms with Crippen LogP contribution in [0.15, 0.2) is 10.7 Å². The van der Waals surface area contributed by atoms with Gasteiger partial charge in [-0.05, 0) is 36.7 Å². The molecule has 1 aromatic rings. The Hall–Kier alpha value is -0.350. The predicted octanol–water partition coefficient (Wildman–Crippen LogP) is 1.72. The van der Waals surface area contributed by atoms with Crippen LogP contribution in [0.5, 0.6) is 0 Å². The van der Waals surface area contributed by atoms with Gasteiger partial charge in [0.05, 0.1) is 22.3 Å². The van der Waals surface area contributed by atoms with Gasteiger partial charge in [0.15, 0.2) is 0 Å². The van der Waals surface area contributed by atoms with Crippen molar-refractivity contribution in [2.75, 3.05) is 0 Å². The Balaban J connectivity index is 2.77. The zero-order chi connectivity index (χ0) is 9.35. The lowest BCUT2D eigenvalue weighted by molar-refractivity contribution is 0.0576. The molecule has 0 unspecified atom stereocenters. The average Bonchev–Trinajstić information content (AvgIpc) is 2.07. The van der Waals surface area contributed by atoms with E-state index >= 15 is 0 Å². The molecular weight excluding hydrogens is 220 g/mol. The Morgan fingerprint density at radius 1 is 1.67 bits per heavy atom. The van der Waals surface area contributed by atoms with Gasteiger partial charge in [0.1, 0.15) is 0 Å². The maximum atomic E-state index is 9.50. The van der Waals surface area contributed by atoms with Crippen LogP contribution in [0.2, 0.25) is 0 Å². The fourth-order valence-electron chi connectivity index (χ4n) is 0.971. The van der Waals surface area contributed by atoms with E-state index in [2.05, 4.69) is 21.0 Å². The van der Waals surface area contributed by atoms with Crippen LogP contribution in [-0.2, 0) is 6.54 Å². The van der Waals surface area contributed by atoms with Gasteiger partial charge in [0.2, 0.25) is 0 Å². The molecule has 12 heavy (non-hydrogen) atoms. The molecule has 0 spiro atoms. The van der Waals surface area contributed by atoms with E-state index in [1.807, 2.05) is 13.1 Å². The Morgan fingerprint density at radius 2 is 2.25 bits per heavy atom. The second-order valence-electron chi connectivity index (χ2n) is 3.57. The first-order chi connectivity index (χ1) is 5.38. The van der Waals surface area contributed by atoms with E-state index in [9.17, 15) is 5.11 Å². The van der Waals surface area contributed by atoms with Crippen molar-refractivity contribution >= 4 is 15.9 Å². The van der Waals surface area contributed by atoms with Gasteiger partial charge < -0.3 is 5.11 Å². The van der Waals surface area contributed by atoms with Crippen molar-refractivity contribution in [1.82, 2.24) is 9.78 Å². The van der Waals surface area contributed by atoms with E-state index in [0.29, 0.717) is 6.54 Å². The summed E-state index contributed by atoms with van der Waals surface area (Å²) in [6.07, 6.45) is 1.87. The predicted molar refractivity (Wildman–Crippen MR) is 51.0 cm³/mol. The Kier molecular flexibility index (Phi) is 2.58. The molecule has 1 heterocycles. The topological polar surface area (TPSA) is 38.0 Å². The molecular formula is C8H13BrN2O. The van der Waals surface area contributed by atoms with Crippen molar-refractivity contribution in [2.45, 2.75) is 32.9 Å². The van der Waals surface area contributed by atoms with Crippen molar-refractivity contribution in [3.63, 3.8) is 0 Å². The Labute approximate surface area is 80.5 Å². The molecule has 0 aliphatic rings. The summed E-state index contributed by atoms with van der Waals surface area (Å²) >= 11 is 3.36. The molecule has 0 atom stereocenters. The first-order valence-electron chi connectivity index (χ1n) is 3.80. The molecule has 0 aliphatic carbocycles. The lowest BCUT2D eigenvalue weighted by atomic mass is 10.1. The van der Waals surface area contributed by atoms with E-state index in [4.69, 9.17) is 0 Å². The third-order valence-corrected chi connectivity index (χ3v) is 2.21. The van der Waals surface area contributed by atoms with Crippen LogP contribution in [0.1, 0.15) is 19.5 Å². The van der Waals surface area contributed by atoms with Crippen LogP contribution in [0, 0.1) is 6.92 Å². The normalized spacial score (nSPS) is 12.1. The molecule has 1 N–H and O–H groups in total. The second kappa shape index (κ2) is 3.18. The molecule has 0 aliphatic heterocycles. The standard InChI is InChI=1S/C8H13BrN2O/c1-6-7(9)4-11(10-6)5-8(2,3)12/h4,12H,5H2,1-3H3.